The van der Waals surface area contributed by atoms with Gasteiger partial charge in [-0.2, -0.15) is 0 Å². The van der Waals surface area contributed by atoms with E-state index in [-0.39, 0.29) is 0 Å². The van der Waals surface area contributed by atoms with Crippen LogP contribution in [-0.2, 0) is 0 Å². The van der Waals surface area contributed by atoms with Crippen LogP contribution in [0.2, 0.25) is 0 Å². The highest BCUT2D eigenvalue weighted by Gasteiger charge is 2.01. The first-order valence-electron chi connectivity index (χ1n) is 4.82. The van der Waals surface area contributed by atoms with Crippen LogP contribution in [0.25, 0.3) is 0 Å². The Bertz CT molecular complexity index is 347. The summed E-state index contributed by atoms with van der Waals surface area (Å²) < 4.78 is 0. The first-order chi connectivity index (χ1) is 7.06. The molecule has 0 aliphatic rings. The summed E-state index contributed by atoms with van der Waals surface area (Å²) in [6, 6.07) is 0. The van der Waals surface area contributed by atoms with Gasteiger partial charge in [-0.25, -0.2) is 0 Å². The van der Waals surface area contributed by atoms with Crippen molar-refractivity contribution in [2.45, 2.75) is 20.8 Å². The van der Waals surface area contributed by atoms with E-state index in [4.69, 9.17) is 0 Å². The lowest BCUT2D eigenvalue weighted by Crippen LogP contribution is -2.08. The van der Waals surface area contributed by atoms with Gasteiger partial charge < -0.3 is 5.32 Å². The summed E-state index contributed by atoms with van der Waals surface area (Å²) in [6.07, 6.45) is 5.45. The van der Waals surface area contributed by atoms with Gasteiger partial charge in [0.1, 0.15) is 0 Å². The minimum absolute atomic E-state index is 0.941. The molecule has 0 aromatic rings. The normalized spacial score (nSPS) is 8.20. The molecule has 0 amide bonds. The summed E-state index contributed by atoms with van der Waals surface area (Å²) in [4.78, 5) is 0. The highest BCUT2D eigenvalue weighted by atomic mass is 14.9. The largest absolute Gasteiger partial charge is 0.361 e. The Kier molecular flexibility index (Phi) is 5.92. The van der Waals surface area contributed by atoms with E-state index in [9.17, 15) is 0 Å². The summed E-state index contributed by atoms with van der Waals surface area (Å²) >= 11 is 0. The van der Waals surface area contributed by atoms with Crippen LogP contribution in [-0.4, -0.2) is 0 Å². The van der Waals surface area contributed by atoms with Crippen LogP contribution in [0, 0.1) is 0 Å². The molecule has 15 heavy (non-hydrogen) atoms. The fourth-order valence-electron chi connectivity index (χ4n) is 1.00. The third-order valence-corrected chi connectivity index (χ3v) is 1.87. The lowest BCUT2D eigenvalue weighted by molar-refractivity contribution is 1.03. The molecule has 0 aliphatic heterocycles. The van der Waals surface area contributed by atoms with Crippen molar-refractivity contribution in [3.8, 4) is 0 Å². The topological polar surface area (TPSA) is 12.0 Å². The summed E-state index contributed by atoms with van der Waals surface area (Å²) in [6.45, 7) is 17.1. The summed E-state index contributed by atoms with van der Waals surface area (Å²) in [5, 5.41) is 3.21. The molecular weight excluding hydrogens is 182 g/mol. The average molecular weight is 201 g/mol. The van der Waals surface area contributed by atoms with E-state index in [1.54, 1.807) is 12.2 Å². The van der Waals surface area contributed by atoms with Gasteiger partial charge in [-0.3, -0.25) is 0 Å². The molecule has 0 aliphatic carbocycles. The van der Waals surface area contributed by atoms with E-state index >= 15 is 0 Å². The molecule has 1 nitrogen and oxygen atoms in total. The van der Waals surface area contributed by atoms with Gasteiger partial charge in [-0.05, 0) is 32.5 Å². The molecule has 0 fully saturated rings. The predicted molar refractivity (Wildman–Crippen MR) is 68.3 cm³/mol. The molecule has 0 atom stereocenters. The van der Waals surface area contributed by atoms with Gasteiger partial charge >= 0.3 is 0 Å². The van der Waals surface area contributed by atoms with Crippen molar-refractivity contribution < 1.29 is 0 Å². The Morgan fingerprint density at radius 2 is 1.67 bits per heavy atom. The van der Waals surface area contributed by atoms with Crippen LogP contribution in [0.15, 0.2) is 66.2 Å². The molecule has 0 rings (SSSR count). The fourth-order valence-corrected chi connectivity index (χ4v) is 1.00. The zero-order valence-electron chi connectivity index (χ0n) is 9.85. The fraction of sp³-hybridized carbons (Fsp3) is 0.214. The van der Waals surface area contributed by atoms with Crippen molar-refractivity contribution in [3.63, 3.8) is 0 Å². The van der Waals surface area contributed by atoms with Gasteiger partial charge in [-0.15, -0.1) is 5.73 Å². The second-order valence-electron chi connectivity index (χ2n) is 3.41. The minimum Gasteiger partial charge on any atom is -0.361 e. The molecule has 0 saturated heterocycles. The van der Waals surface area contributed by atoms with E-state index in [2.05, 4.69) is 30.8 Å². The minimum atomic E-state index is 0.941. The monoisotopic (exact) mass is 201 g/mol. The maximum atomic E-state index is 3.75. The smallest absolute Gasteiger partial charge is 0.0560 e. The lowest BCUT2D eigenvalue weighted by Gasteiger charge is -2.10. The van der Waals surface area contributed by atoms with E-state index in [1.807, 2.05) is 27.0 Å². The van der Waals surface area contributed by atoms with E-state index < -0.39 is 0 Å². The standard InChI is InChI=1S/C14H19N/c1-7-12(6)14(13(8-2)9-3)15-10-11(4)5/h8-10,15H,1-3H2,4-6H3. The van der Waals surface area contributed by atoms with E-state index in [0.29, 0.717) is 0 Å². The molecule has 0 saturated carbocycles. The number of hydrogen-bond acceptors (Lipinski definition) is 1. The van der Waals surface area contributed by atoms with Gasteiger partial charge in [0.15, 0.2) is 0 Å². The third-order valence-electron chi connectivity index (χ3n) is 1.87. The second-order valence-corrected chi connectivity index (χ2v) is 3.41. The SMILES string of the molecule is C=C=C(C)C(NC=C(C)C)=C(C=C)C=C. The zero-order valence-corrected chi connectivity index (χ0v) is 9.85. The summed E-state index contributed by atoms with van der Waals surface area (Å²) in [5.41, 5.74) is 6.88. The van der Waals surface area contributed by atoms with Crippen LogP contribution < -0.4 is 5.32 Å². The molecule has 0 aromatic heterocycles. The molecule has 0 unspecified atom stereocenters. The molecule has 1 N–H and O–H groups in total. The molecule has 0 bridgehead atoms. The van der Waals surface area contributed by atoms with Crippen LogP contribution >= 0.6 is 0 Å². The lowest BCUT2D eigenvalue weighted by atomic mass is 10.1. The summed E-state index contributed by atoms with van der Waals surface area (Å²) in [7, 11) is 0. The van der Waals surface area contributed by atoms with Crippen molar-refractivity contribution in [1.82, 2.24) is 5.32 Å². The van der Waals surface area contributed by atoms with Crippen LogP contribution in [0.1, 0.15) is 20.8 Å². The van der Waals surface area contributed by atoms with Gasteiger partial charge in [-0.1, -0.05) is 37.5 Å². The molecule has 0 heterocycles. The first kappa shape index (κ1) is 13.3. The maximum Gasteiger partial charge on any atom is 0.0560 e. The maximum absolute atomic E-state index is 3.75. The van der Waals surface area contributed by atoms with Gasteiger partial charge in [0.25, 0.3) is 0 Å². The van der Waals surface area contributed by atoms with Gasteiger partial charge in [0.05, 0.1) is 5.70 Å². The predicted octanol–water partition coefficient (Wildman–Crippen LogP) is 3.86. The van der Waals surface area contributed by atoms with Crippen LogP contribution in [0.3, 0.4) is 0 Å². The number of rotatable bonds is 5. The van der Waals surface area contributed by atoms with Gasteiger partial charge in [0.2, 0.25) is 0 Å². The Morgan fingerprint density at radius 3 is 2.00 bits per heavy atom. The number of nitrogens with one attached hydrogen (secondary N) is 1. The Labute approximate surface area is 92.9 Å². The van der Waals surface area contributed by atoms with Crippen molar-refractivity contribution in [2.75, 3.05) is 0 Å². The van der Waals surface area contributed by atoms with Crippen LogP contribution in [0.4, 0.5) is 0 Å². The van der Waals surface area contributed by atoms with Crippen LogP contribution in [0.5, 0.6) is 0 Å². The first-order valence-corrected chi connectivity index (χ1v) is 4.82. The molecular formula is C14H19N. The highest BCUT2D eigenvalue weighted by Crippen LogP contribution is 2.12. The molecule has 80 valence electrons. The van der Waals surface area contributed by atoms with Crippen molar-refractivity contribution in [2.24, 2.45) is 0 Å². The van der Waals surface area contributed by atoms with Gasteiger partial charge in [0, 0.05) is 5.57 Å². The molecule has 0 aromatic carbocycles. The van der Waals surface area contributed by atoms with Crippen molar-refractivity contribution in [3.05, 3.63) is 66.2 Å². The average Bonchev–Trinajstić information content (AvgIpc) is 2.22. The third kappa shape index (κ3) is 4.35. The van der Waals surface area contributed by atoms with Crippen molar-refractivity contribution in [1.29, 1.82) is 0 Å². The van der Waals surface area contributed by atoms with Crippen molar-refractivity contribution >= 4 is 0 Å². The van der Waals surface area contributed by atoms with E-state index in [0.717, 1.165) is 16.8 Å². The zero-order chi connectivity index (χ0) is 11.8. The number of allylic oxidation sites excluding steroid dienone is 5. The highest BCUT2D eigenvalue weighted by molar-refractivity contribution is 5.43. The number of hydrogen-bond donors (Lipinski definition) is 1. The Morgan fingerprint density at radius 1 is 1.13 bits per heavy atom. The molecule has 0 spiro atoms. The quantitative estimate of drug-likeness (QED) is 0.526. The molecule has 0 radical (unpaired) electrons. The summed E-state index contributed by atoms with van der Waals surface area (Å²) in [5.74, 6) is 0. The second kappa shape index (κ2) is 6.69. The van der Waals surface area contributed by atoms with E-state index in [1.165, 1.54) is 5.57 Å². The molecule has 1 heteroatoms. The Hall–Kier alpha value is -1.72. The Balaban J connectivity index is 5.32.